The van der Waals surface area contributed by atoms with Crippen LogP contribution in [-0.4, -0.2) is 79.6 Å². The van der Waals surface area contributed by atoms with Crippen molar-refractivity contribution < 1.29 is 22.7 Å². The zero-order valence-corrected chi connectivity index (χ0v) is 19.4. The van der Waals surface area contributed by atoms with Crippen LogP contribution in [0.4, 0.5) is 0 Å². The minimum Gasteiger partial charge on any atom is -0.463 e. The fourth-order valence-electron chi connectivity index (χ4n) is 3.06. The number of carbonyl (C=O) groups excluding carboxylic acids is 2. The number of rotatable bonds is 6. The first-order chi connectivity index (χ1) is 14.2. The first-order valence-corrected chi connectivity index (χ1v) is 12.4. The number of thioether (sulfide) groups is 1. The van der Waals surface area contributed by atoms with Crippen molar-refractivity contribution >= 4 is 56.9 Å². The van der Waals surface area contributed by atoms with Gasteiger partial charge in [-0.25, -0.2) is 13.2 Å². The summed E-state index contributed by atoms with van der Waals surface area (Å²) in [5.74, 6) is -0.324. The van der Waals surface area contributed by atoms with E-state index in [-0.39, 0.29) is 47.9 Å². The molecule has 0 N–H and O–H groups in total. The van der Waals surface area contributed by atoms with E-state index in [2.05, 4.69) is 0 Å². The van der Waals surface area contributed by atoms with Crippen LogP contribution in [0.3, 0.4) is 0 Å². The Kier molecular flexibility index (Phi) is 7.70. The maximum Gasteiger partial charge on any atom is 0.333 e. The van der Waals surface area contributed by atoms with Crippen LogP contribution >= 0.6 is 35.0 Å². The van der Waals surface area contributed by atoms with Gasteiger partial charge < -0.3 is 4.74 Å². The highest BCUT2D eigenvalue weighted by molar-refractivity contribution is 8.04. The lowest BCUT2D eigenvalue weighted by atomic mass is 10.4. The highest BCUT2D eigenvalue weighted by atomic mass is 35.5. The standard InChI is InChI=1S/C18H21Cl2N3O5S2/c1-2-28-18(25)10-17-23(16(24)11-29-17)12-21-5-7-22(8-6-21)30(26,27)13-3-4-14(19)15(20)9-13/h3-4,9-10H,2,5-8,11-12H2,1H3/b17-10-. The lowest BCUT2D eigenvalue weighted by Crippen LogP contribution is -2.51. The summed E-state index contributed by atoms with van der Waals surface area (Å²) in [5, 5.41) is 1.02. The van der Waals surface area contributed by atoms with E-state index in [1.807, 2.05) is 4.90 Å². The fraction of sp³-hybridized carbons (Fsp3) is 0.444. The normalized spacial score (nSPS) is 20.2. The van der Waals surface area contributed by atoms with Gasteiger partial charge in [0, 0.05) is 26.2 Å². The number of piperazine rings is 1. The summed E-state index contributed by atoms with van der Waals surface area (Å²) in [6.45, 7) is 3.70. The van der Waals surface area contributed by atoms with E-state index in [4.69, 9.17) is 27.9 Å². The number of amides is 1. The molecule has 2 aliphatic heterocycles. The molecule has 0 saturated carbocycles. The lowest BCUT2D eigenvalue weighted by molar-refractivity contribution is -0.137. The second kappa shape index (κ2) is 9.88. The van der Waals surface area contributed by atoms with Gasteiger partial charge in [-0.1, -0.05) is 35.0 Å². The Morgan fingerprint density at radius 1 is 1.20 bits per heavy atom. The molecule has 0 aromatic heterocycles. The Bertz CT molecular complexity index is 963. The molecule has 0 atom stereocenters. The lowest BCUT2D eigenvalue weighted by Gasteiger charge is -2.36. The second-order valence-electron chi connectivity index (χ2n) is 6.58. The van der Waals surface area contributed by atoms with Crippen LogP contribution in [0.1, 0.15) is 6.92 Å². The van der Waals surface area contributed by atoms with Gasteiger partial charge >= 0.3 is 5.97 Å². The highest BCUT2D eigenvalue weighted by Gasteiger charge is 2.33. The van der Waals surface area contributed by atoms with Crippen molar-refractivity contribution in [3.05, 3.63) is 39.3 Å². The number of benzene rings is 1. The number of sulfonamides is 1. The molecule has 0 unspecified atom stereocenters. The molecule has 0 bridgehead atoms. The second-order valence-corrected chi connectivity index (χ2v) is 10.3. The van der Waals surface area contributed by atoms with E-state index in [0.29, 0.717) is 23.1 Å². The summed E-state index contributed by atoms with van der Waals surface area (Å²) in [4.78, 5) is 27.5. The molecule has 2 saturated heterocycles. The Morgan fingerprint density at radius 3 is 2.53 bits per heavy atom. The summed E-state index contributed by atoms with van der Waals surface area (Å²) in [5.41, 5.74) is 0. The predicted molar refractivity (Wildman–Crippen MR) is 116 cm³/mol. The summed E-state index contributed by atoms with van der Waals surface area (Å²) in [6.07, 6.45) is 1.32. The number of halogens is 2. The van der Waals surface area contributed by atoms with E-state index < -0.39 is 16.0 Å². The highest BCUT2D eigenvalue weighted by Crippen LogP contribution is 2.30. The number of hydrogen-bond donors (Lipinski definition) is 0. The minimum absolute atomic E-state index is 0.0936. The molecule has 2 fully saturated rings. The number of ether oxygens (including phenoxy) is 1. The molecule has 0 aliphatic carbocycles. The van der Waals surface area contributed by atoms with Gasteiger partial charge in [0.25, 0.3) is 0 Å². The largest absolute Gasteiger partial charge is 0.463 e. The first kappa shape index (κ1) is 23.4. The maximum atomic E-state index is 12.9. The van der Waals surface area contributed by atoms with Crippen molar-refractivity contribution in [2.24, 2.45) is 0 Å². The molecule has 1 aromatic rings. The van der Waals surface area contributed by atoms with Crippen molar-refractivity contribution in [1.82, 2.24) is 14.1 Å². The minimum atomic E-state index is -3.69. The average molecular weight is 494 g/mol. The molecule has 2 aliphatic rings. The van der Waals surface area contributed by atoms with Crippen molar-refractivity contribution in [1.29, 1.82) is 0 Å². The third kappa shape index (κ3) is 5.30. The van der Waals surface area contributed by atoms with Crippen molar-refractivity contribution in [2.45, 2.75) is 11.8 Å². The summed E-state index contributed by atoms with van der Waals surface area (Å²) in [7, 11) is -3.69. The molecule has 2 heterocycles. The average Bonchev–Trinajstić information content (AvgIpc) is 3.04. The number of esters is 1. The Balaban J connectivity index is 1.63. The molecule has 3 rings (SSSR count). The van der Waals surface area contributed by atoms with Gasteiger partial charge in [-0.2, -0.15) is 4.31 Å². The number of nitrogens with zero attached hydrogens (tertiary/aromatic N) is 3. The molecule has 1 amide bonds. The van der Waals surface area contributed by atoms with Crippen LogP contribution in [0.25, 0.3) is 0 Å². The van der Waals surface area contributed by atoms with Crippen LogP contribution in [0.15, 0.2) is 34.2 Å². The van der Waals surface area contributed by atoms with E-state index in [1.54, 1.807) is 6.92 Å². The number of carbonyl (C=O) groups is 2. The molecule has 0 spiro atoms. The van der Waals surface area contributed by atoms with E-state index in [9.17, 15) is 18.0 Å². The summed E-state index contributed by atoms with van der Waals surface area (Å²) >= 11 is 13.1. The Morgan fingerprint density at radius 2 is 1.90 bits per heavy atom. The monoisotopic (exact) mass is 493 g/mol. The van der Waals surface area contributed by atoms with E-state index in [0.717, 1.165) is 0 Å². The first-order valence-electron chi connectivity index (χ1n) is 9.21. The maximum absolute atomic E-state index is 12.9. The molecule has 30 heavy (non-hydrogen) atoms. The van der Waals surface area contributed by atoms with Crippen LogP contribution in [0.5, 0.6) is 0 Å². The quantitative estimate of drug-likeness (QED) is 0.443. The van der Waals surface area contributed by atoms with Crippen molar-refractivity contribution in [2.75, 3.05) is 45.2 Å². The zero-order chi connectivity index (χ0) is 21.9. The van der Waals surface area contributed by atoms with Gasteiger partial charge in [0.15, 0.2) is 0 Å². The SMILES string of the molecule is CCOC(=O)/C=C1\SCC(=O)N1CN1CCN(S(=O)(=O)c2ccc(Cl)c(Cl)c2)CC1. The molecular formula is C18H21Cl2N3O5S2. The molecule has 1 aromatic carbocycles. The fourth-order valence-corrected chi connectivity index (χ4v) is 5.80. The van der Waals surface area contributed by atoms with Crippen LogP contribution in [0.2, 0.25) is 10.0 Å². The molecule has 8 nitrogen and oxygen atoms in total. The van der Waals surface area contributed by atoms with Crippen molar-refractivity contribution in [3.63, 3.8) is 0 Å². The number of hydrogen-bond acceptors (Lipinski definition) is 7. The van der Waals surface area contributed by atoms with Crippen LogP contribution in [0, 0.1) is 0 Å². The third-order valence-corrected chi connectivity index (χ3v) is 8.30. The van der Waals surface area contributed by atoms with Crippen LogP contribution < -0.4 is 0 Å². The topological polar surface area (TPSA) is 87.2 Å². The Hall–Kier alpha value is -1.30. The van der Waals surface area contributed by atoms with Gasteiger partial charge in [-0.3, -0.25) is 14.6 Å². The molecule has 164 valence electrons. The third-order valence-electron chi connectivity index (χ3n) is 4.64. The van der Waals surface area contributed by atoms with Gasteiger partial charge in [-0.15, -0.1) is 0 Å². The summed E-state index contributed by atoms with van der Waals surface area (Å²) < 4.78 is 32.0. The van der Waals surface area contributed by atoms with E-state index >= 15 is 0 Å². The molecule has 12 heteroatoms. The van der Waals surface area contributed by atoms with Crippen LogP contribution in [-0.2, 0) is 24.3 Å². The van der Waals surface area contributed by atoms with Gasteiger partial charge in [0.2, 0.25) is 15.9 Å². The predicted octanol–water partition coefficient (Wildman–Crippen LogP) is 2.24. The molecule has 0 radical (unpaired) electrons. The summed E-state index contributed by atoms with van der Waals surface area (Å²) in [6, 6.07) is 4.24. The smallest absolute Gasteiger partial charge is 0.333 e. The Labute approximate surface area is 189 Å². The van der Waals surface area contributed by atoms with Crippen molar-refractivity contribution in [3.8, 4) is 0 Å². The van der Waals surface area contributed by atoms with Gasteiger partial charge in [0.05, 0.1) is 45.1 Å². The van der Waals surface area contributed by atoms with Gasteiger partial charge in [-0.05, 0) is 25.1 Å². The molecular weight excluding hydrogens is 473 g/mol. The van der Waals surface area contributed by atoms with Gasteiger partial charge in [0.1, 0.15) is 0 Å². The zero-order valence-electron chi connectivity index (χ0n) is 16.2. The van der Waals surface area contributed by atoms with E-state index in [1.165, 1.54) is 45.2 Å².